The van der Waals surface area contributed by atoms with E-state index < -0.39 is 0 Å². The number of aromatic nitrogens is 2. The molecular formula is C23H30N4O2. The molecule has 3 aliphatic rings. The lowest BCUT2D eigenvalue weighted by Gasteiger charge is -2.48. The fourth-order valence-electron chi connectivity index (χ4n) is 5.55. The zero-order valence-electron chi connectivity index (χ0n) is 17.2. The van der Waals surface area contributed by atoms with Gasteiger partial charge in [0.2, 0.25) is 17.7 Å². The molecule has 3 fully saturated rings. The van der Waals surface area contributed by atoms with Gasteiger partial charge in [0.05, 0.1) is 6.04 Å². The zero-order valence-corrected chi connectivity index (χ0v) is 17.2. The van der Waals surface area contributed by atoms with E-state index in [1.54, 1.807) is 0 Å². The number of rotatable bonds is 4. The Morgan fingerprint density at radius 3 is 2.62 bits per heavy atom. The van der Waals surface area contributed by atoms with Crippen LogP contribution in [-0.4, -0.2) is 52.6 Å². The summed E-state index contributed by atoms with van der Waals surface area (Å²) in [6, 6.07) is 10.0. The number of carbonyl (C=O) groups excluding carboxylic acids is 1. The lowest BCUT2D eigenvalue weighted by molar-refractivity contribution is -0.144. The lowest BCUT2D eigenvalue weighted by atomic mass is 9.77. The normalized spacial score (nSPS) is 24.7. The van der Waals surface area contributed by atoms with Crippen LogP contribution in [0.2, 0.25) is 0 Å². The molecule has 29 heavy (non-hydrogen) atoms. The SMILES string of the molecule is CN1CC2(CC1c1nnc(-c3ccccc3)o1)CN(C(=O)CC1CCCCC1)C2. The molecular weight excluding hydrogens is 364 g/mol. The third-order valence-corrected chi connectivity index (χ3v) is 7.08. The predicted molar refractivity (Wildman–Crippen MR) is 110 cm³/mol. The highest BCUT2D eigenvalue weighted by Gasteiger charge is 2.53. The Morgan fingerprint density at radius 2 is 1.86 bits per heavy atom. The van der Waals surface area contributed by atoms with Gasteiger partial charge in [-0.15, -0.1) is 10.2 Å². The number of likely N-dealkylation sites (tertiary alicyclic amines) is 2. The van der Waals surface area contributed by atoms with Gasteiger partial charge in [-0.1, -0.05) is 37.5 Å². The highest BCUT2D eigenvalue weighted by atomic mass is 16.4. The van der Waals surface area contributed by atoms with Crippen LogP contribution >= 0.6 is 0 Å². The van der Waals surface area contributed by atoms with Crippen molar-refractivity contribution < 1.29 is 9.21 Å². The number of carbonyl (C=O) groups is 1. The quantitative estimate of drug-likeness (QED) is 0.787. The summed E-state index contributed by atoms with van der Waals surface area (Å²) in [5, 5.41) is 8.60. The predicted octanol–water partition coefficient (Wildman–Crippen LogP) is 3.91. The Hall–Kier alpha value is -2.21. The Labute approximate surface area is 172 Å². The largest absolute Gasteiger partial charge is 0.419 e. The Kier molecular flexibility index (Phi) is 4.90. The van der Waals surface area contributed by atoms with Crippen molar-refractivity contribution in [3.8, 4) is 11.5 Å². The van der Waals surface area contributed by atoms with Gasteiger partial charge in [-0.25, -0.2) is 0 Å². The van der Waals surface area contributed by atoms with Crippen molar-refractivity contribution in [1.29, 1.82) is 0 Å². The summed E-state index contributed by atoms with van der Waals surface area (Å²) in [4.78, 5) is 17.1. The van der Waals surface area contributed by atoms with Crippen molar-refractivity contribution in [3.05, 3.63) is 36.2 Å². The topological polar surface area (TPSA) is 62.5 Å². The average Bonchev–Trinajstić information content (AvgIpc) is 3.33. The molecule has 0 N–H and O–H groups in total. The molecule has 0 radical (unpaired) electrons. The van der Waals surface area contributed by atoms with Gasteiger partial charge in [0.25, 0.3) is 0 Å². The highest BCUT2D eigenvalue weighted by molar-refractivity contribution is 5.77. The minimum absolute atomic E-state index is 0.135. The number of hydrogen-bond acceptors (Lipinski definition) is 5. The Bertz CT molecular complexity index is 853. The van der Waals surface area contributed by atoms with Gasteiger partial charge >= 0.3 is 0 Å². The van der Waals surface area contributed by atoms with E-state index in [0.29, 0.717) is 23.6 Å². The van der Waals surface area contributed by atoms with E-state index >= 15 is 0 Å². The van der Waals surface area contributed by atoms with Gasteiger partial charge in [0.1, 0.15) is 0 Å². The first-order chi connectivity index (χ1) is 14.1. The van der Waals surface area contributed by atoms with Crippen LogP contribution in [0.15, 0.2) is 34.7 Å². The molecule has 2 aromatic rings. The van der Waals surface area contributed by atoms with E-state index in [-0.39, 0.29) is 11.5 Å². The average molecular weight is 395 g/mol. The molecule has 1 saturated carbocycles. The molecule has 2 saturated heterocycles. The molecule has 1 aromatic heterocycles. The van der Waals surface area contributed by atoms with E-state index in [0.717, 1.165) is 38.0 Å². The smallest absolute Gasteiger partial charge is 0.247 e. The first kappa shape index (κ1) is 18.8. The molecule has 1 spiro atoms. The number of amides is 1. The first-order valence-corrected chi connectivity index (χ1v) is 11.0. The fraction of sp³-hybridized carbons (Fsp3) is 0.609. The highest BCUT2D eigenvalue weighted by Crippen LogP contribution is 2.48. The lowest BCUT2D eigenvalue weighted by Crippen LogP contribution is -2.59. The molecule has 5 rings (SSSR count). The summed E-state index contributed by atoms with van der Waals surface area (Å²) in [6.45, 7) is 2.73. The number of hydrogen-bond donors (Lipinski definition) is 0. The van der Waals surface area contributed by atoms with Crippen LogP contribution in [0.25, 0.3) is 11.5 Å². The van der Waals surface area contributed by atoms with E-state index in [1.165, 1.54) is 32.1 Å². The van der Waals surface area contributed by atoms with Gasteiger partial charge in [0, 0.05) is 37.0 Å². The van der Waals surface area contributed by atoms with Gasteiger partial charge in [-0.3, -0.25) is 9.69 Å². The van der Waals surface area contributed by atoms with Gasteiger partial charge in [-0.2, -0.15) is 0 Å². The van der Waals surface area contributed by atoms with E-state index in [1.807, 2.05) is 30.3 Å². The minimum Gasteiger partial charge on any atom is -0.419 e. The molecule has 1 amide bonds. The van der Waals surface area contributed by atoms with Crippen molar-refractivity contribution in [1.82, 2.24) is 20.0 Å². The standard InChI is InChI=1S/C23H30N4O2/c1-26-14-23(15-27(16-23)20(28)12-17-8-4-2-5-9-17)13-19(26)22-25-24-21(29-22)18-10-6-3-7-11-18/h3,6-7,10-11,17,19H,2,4-5,8-9,12-16H2,1H3. The molecule has 6 nitrogen and oxygen atoms in total. The first-order valence-electron chi connectivity index (χ1n) is 11.0. The van der Waals surface area contributed by atoms with Gasteiger partial charge < -0.3 is 9.32 Å². The van der Waals surface area contributed by atoms with Crippen LogP contribution < -0.4 is 0 Å². The summed E-state index contributed by atoms with van der Waals surface area (Å²) in [7, 11) is 2.12. The van der Waals surface area contributed by atoms with Gasteiger partial charge in [0.15, 0.2) is 0 Å². The minimum atomic E-state index is 0.135. The van der Waals surface area contributed by atoms with Crippen LogP contribution in [-0.2, 0) is 4.79 Å². The fourth-order valence-corrected chi connectivity index (χ4v) is 5.55. The van der Waals surface area contributed by atoms with Crippen LogP contribution in [0.1, 0.15) is 56.9 Å². The van der Waals surface area contributed by atoms with Crippen molar-refractivity contribution >= 4 is 5.91 Å². The Balaban J connectivity index is 1.20. The maximum absolute atomic E-state index is 12.7. The third-order valence-electron chi connectivity index (χ3n) is 7.08. The van der Waals surface area contributed by atoms with E-state index in [9.17, 15) is 4.79 Å². The van der Waals surface area contributed by atoms with Crippen LogP contribution in [0.3, 0.4) is 0 Å². The molecule has 1 unspecified atom stereocenters. The summed E-state index contributed by atoms with van der Waals surface area (Å²) in [5.74, 6) is 2.24. The monoisotopic (exact) mass is 394 g/mol. The van der Waals surface area contributed by atoms with Gasteiger partial charge in [-0.05, 0) is 44.4 Å². The summed E-state index contributed by atoms with van der Waals surface area (Å²) >= 11 is 0. The molecule has 0 bridgehead atoms. The van der Waals surface area contributed by atoms with E-state index in [4.69, 9.17) is 4.42 Å². The van der Waals surface area contributed by atoms with Crippen LogP contribution in [0.4, 0.5) is 0 Å². The maximum Gasteiger partial charge on any atom is 0.247 e. The van der Waals surface area contributed by atoms with E-state index in [2.05, 4.69) is 27.0 Å². The zero-order chi connectivity index (χ0) is 19.8. The summed E-state index contributed by atoms with van der Waals surface area (Å²) in [6.07, 6.45) is 8.12. The third kappa shape index (κ3) is 3.70. The maximum atomic E-state index is 12.7. The number of benzene rings is 1. The number of nitrogens with zero attached hydrogens (tertiary/aromatic N) is 4. The van der Waals surface area contributed by atoms with Crippen molar-refractivity contribution in [2.24, 2.45) is 11.3 Å². The second-order valence-corrected chi connectivity index (χ2v) is 9.40. The van der Waals surface area contributed by atoms with Crippen LogP contribution in [0.5, 0.6) is 0 Å². The van der Waals surface area contributed by atoms with Crippen molar-refractivity contribution in [3.63, 3.8) is 0 Å². The molecule has 3 heterocycles. The van der Waals surface area contributed by atoms with Crippen molar-refractivity contribution in [2.75, 3.05) is 26.7 Å². The molecule has 1 aromatic carbocycles. The molecule has 154 valence electrons. The Morgan fingerprint density at radius 1 is 1.10 bits per heavy atom. The molecule has 1 aliphatic carbocycles. The molecule has 2 aliphatic heterocycles. The second-order valence-electron chi connectivity index (χ2n) is 9.40. The second kappa shape index (κ2) is 7.56. The summed E-state index contributed by atoms with van der Waals surface area (Å²) in [5.41, 5.74) is 1.13. The molecule has 6 heteroatoms. The molecule has 1 atom stereocenters. The summed E-state index contributed by atoms with van der Waals surface area (Å²) < 4.78 is 6.02. The van der Waals surface area contributed by atoms with Crippen molar-refractivity contribution in [2.45, 2.75) is 51.0 Å². The van der Waals surface area contributed by atoms with Crippen LogP contribution in [0, 0.1) is 11.3 Å².